The molecule has 7 nitrogen and oxygen atoms in total. The zero-order valence-corrected chi connectivity index (χ0v) is 15.5. The second-order valence-electron chi connectivity index (χ2n) is 6.19. The van der Waals surface area contributed by atoms with Gasteiger partial charge in [-0.25, -0.2) is 0 Å². The molecular weight excluding hydrogens is 377 g/mol. The van der Waals surface area contributed by atoms with E-state index in [1.807, 2.05) is 0 Å². The van der Waals surface area contributed by atoms with E-state index < -0.39 is 12.8 Å². The predicted molar refractivity (Wildman–Crippen MR) is 96.8 cm³/mol. The molecule has 1 saturated heterocycles. The lowest BCUT2D eigenvalue weighted by atomic mass is 10.1. The van der Waals surface area contributed by atoms with Gasteiger partial charge in [0.2, 0.25) is 11.8 Å². The van der Waals surface area contributed by atoms with Crippen molar-refractivity contribution in [3.63, 3.8) is 0 Å². The number of halogens is 3. The van der Waals surface area contributed by atoms with Gasteiger partial charge in [0.05, 0.1) is 0 Å². The fourth-order valence-corrected chi connectivity index (χ4v) is 2.61. The lowest BCUT2D eigenvalue weighted by Crippen LogP contribution is -2.46. The van der Waals surface area contributed by atoms with E-state index in [4.69, 9.17) is 0 Å². The highest BCUT2D eigenvalue weighted by Gasteiger charge is 2.28. The number of ether oxygens (including phenoxy) is 1. The highest BCUT2D eigenvalue weighted by Crippen LogP contribution is 2.18. The number of amides is 2. The van der Waals surface area contributed by atoms with E-state index in [9.17, 15) is 22.8 Å². The van der Waals surface area contributed by atoms with E-state index >= 15 is 0 Å². The van der Waals surface area contributed by atoms with E-state index in [0.29, 0.717) is 38.3 Å². The van der Waals surface area contributed by atoms with Gasteiger partial charge in [0.1, 0.15) is 5.75 Å². The number of hydrogen-bond acceptors (Lipinski definition) is 4. The van der Waals surface area contributed by atoms with E-state index in [1.165, 1.54) is 17.0 Å². The SMILES string of the molecule is CN=C(NCCN1C(=O)CCCC1=O)NCc1ccc(OCC(F)(F)F)cc1. The van der Waals surface area contributed by atoms with Crippen molar-refractivity contribution in [1.29, 1.82) is 0 Å². The van der Waals surface area contributed by atoms with Crippen molar-refractivity contribution in [3.05, 3.63) is 29.8 Å². The Balaban J connectivity index is 1.74. The summed E-state index contributed by atoms with van der Waals surface area (Å²) in [6.07, 6.45) is -2.99. The summed E-state index contributed by atoms with van der Waals surface area (Å²) < 4.78 is 41.1. The number of rotatable bonds is 7. The molecule has 1 aliphatic heterocycles. The Labute approximate surface area is 160 Å². The van der Waals surface area contributed by atoms with Crippen LogP contribution in [0.3, 0.4) is 0 Å². The molecule has 0 bridgehead atoms. The zero-order chi connectivity index (χ0) is 20.6. The summed E-state index contributed by atoms with van der Waals surface area (Å²) in [6.45, 7) is -0.311. The first kappa shape index (κ1) is 21.5. The Morgan fingerprint density at radius 3 is 2.36 bits per heavy atom. The summed E-state index contributed by atoms with van der Waals surface area (Å²) in [7, 11) is 1.58. The van der Waals surface area contributed by atoms with Crippen LogP contribution in [0.4, 0.5) is 13.2 Å². The van der Waals surface area contributed by atoms with Crippen molar-refractivity contribution in [2.45, 2.75) is 32.0 Å². The maximum Gasteiger partial charge on any atom is 0.422 e. The van der Waals surface area contributed by atoms with Gasteiger partial charge in [0, 0.05) is 39.5 Å². The van der Waals surface area contributed by atoms with Gasteiger partial charge in [-0.3, -0.25) is 19.5 Å². The molecule has 2 rings (SSSR count). The third kappa shape index (κ3) is 7.09. The minimum atomic E-state index is -4.37. The lowest BCUT2D eigenvalue weighted by molar-refractivity contribution is -0.153. The molecule has 0 atom stereocenters. The number of benzene rings is 1. The number of aliphatic imine (C=N–C) groups is 1. The van der Waals surface area contributed by atoms with Crippen LogP contribution in [0, 0.1) is 0 Å². The van der Waals surface area contributed by atoms with Gasteiger partial charge in [-0.2, -0.15) is 13.2 Å². The van der Waals surface area contributed by atoms with Gasteiger partial charge in [0.15, 0.2) is 12.6 Å². The second kappa shape index (κ2) is 9.95. The second-order valence-corrected chi connectivity index (χ2v) is 6.19. The quantitative estimate of drug-likeness (QED) is 0.415. The monoisotopic (exact) mass is 400 g/mol. The first-order valence-corrected chi connectivity index (χ1v) is 8.84. The number of piperidine rings is 1. The van der Waals surface area contributed by atoms with Crippen LogP contribution < -0.4 is 15.4 Å². The van der Waals surface area contributed by atoms with E-state index in [-0.39, 0.29) is 24.1 Å². The molecule has 1 fully saturated rings. The average Bonchev–Trinajstić information content (AvgIpc) is 2.65. The minimum Gasteiger partial charge on any atom is -0.484 e. The molecule has 0 radical (unpaired) electrons. The molecule has 10 heteroatoms. The molecule has 2 amide bonds. The molecule has 1 heterocycles. The van der Waals surface area contributed by atoms with Crippen molar-refractivity contribution in [2.24, 2.45) is 4.99 Å². The molecule has 154 valence electrons. The molecule has 1 aromatic carbocycles. The standard InChI is InChI=1S/C18H23F3N4O3/c1-22-17(23-9-10-25-15(26)3-2-4-16(25)27)24-11-13-5-7-14(8-6-13)28-12-18(19,20)21/h5-8H,2-4,9-12H2,1H3,(H2,22,23,24). The topological polar surface area (TPSA) is 83.0 Å². The molecule has 2 N–H and O–H groups in total. The smallest absolute Gasteiger partial charge is 0.422 e. The van der Waals surface area contributed by atoms with Crippen LogP contribution in [0.5, 0.6) is 5.75 Å². The predicted octanol–water partition coefficient (Wildman–Crippen LogP) is 1.83. The number of hydrogen-bond donors (Lipinski definition) is 2. The third-order valence-corrected chi connectivity index (χ3v) is 4.02. The van der Waals surface area contributed by atoms with Crippen LogP contribution in [-0.2, 0) is 16.1 Å². The fourth-order valence-electron chi connectivity index (χ4n) is 2.61. The molecule has 0 aliphatic carbocycles. The average molecular weight is 400 g/mol. The van der Waals surface area contributed by atoms with Gasteiger partial charge >= 0.3 is 6.18 Å². The van der Waals surface area contributed by atoms with Crippen molar-refractivity contribution < 1.29 is 27.5 Å². The van der Waals surface area contributed by atoms with Gasteiger partial charge in [0.25, 0.3) is 0 Å². The van der Waals surface area contributed by atoms with Crippen molar-refractivity contribution in [3.8, 4) is 5.75 Å². The molecule has 0 spiro atoms. The number of guanidine groups is 1. The summed E-state index contributed by atoms with van der Waals surface area (Å²) in [5.41, 5.74) is 0.823. The molecule has 0 aromatic heterocycles. The van der Waals surface area contributed by atoms with Gasteiger partial charge in [-0.1, -0.05) is 12.1 Å². The Morgan fingerprint density at radius 2 is 1.79 bits per heavy atom. The van der Waals surface area contributed by atoms with Crippen molar-refractivity contribution >= 4 is 17.8 Å². The number of likely N-dealkylation sites (tertiary alicyclic amines) is 1. The molecular formula is C18H23F3N4O3. The number of imide groups is 1. The van der Waals surface area contributed by atoms with Gasteiger partial charge in [-0.05, 0) is 24.1 Å². The Hall–Kier alpha value is -2.78. The Kier molecular flexibility index (Phi) is 7.65. The van der Waals surface area contributed by atoms with Crippen LogP contribution in [0.25, 0.3) is 0 Å². The highest BCUT2D eigenvalue weighted by molar-refractivity contribution is 5.97. The lowest BCUT2D eigenvalue weighted by Gasteiger charge is -2.25. The molecule has 0 saturated carbocycles. The summed E-state index contributed by atoms with van der Waals surface area (Å²) in [4.78, 5) is 28.8. The molecule has 1 aromatic rings. The third-order valence-electron chi connectivity index (χ3n) is 4.02. The van der Waals surface area contributed by atoms with Crippen LogP contribution in [0.1, 0.15) is 24.8 Å². The summed E-state index contributed by atoms with van der Waals surface area (Å²) in [6, 6.07) is 6.23. The van der Waals surface area contributed by atoms with Gasteiger partial charge < -0.3 is 15.4 Å². The zero-order valence-electron chi connectivity index (χ0n) is 15.5. The summed E-state index contributed by atoms with van der Waals surface area (Å²) >= 11 is 0. The molecule has 0 unspecified atom stereocenters. The highest BCUT2D eigenvalue weighted by atomic mass is 19.4. The molecule has 1 aliphatic rings. The van der Waals surface area contributed by atoms with Crippen molar-refractivity contribution in [1.82, 2.24) is 15.5 Å². The normalized spacial score (nSPS) is 15.6. The van der Waals surface area contributed by atoms with Crippen LogP contribution >= 0.6 is 0 Å². The van der Waals surface area contributed by atoms with Crippen LogP contribution in [0.2, 0.25) is 0 Å². The number of alkyl halides is 3. The fraction of sp³-hybridized carbons (Fsp3) is 0.500. The number of nitrogens with one attached hydrogen (secondary N) is 2. The number of nitrogens with zero attached hydrogens (tertiary/aromatic N) is 2. The number of carbonyl (C=O) groups excluding carboxylic acids is 2. The van der Waals surface area contributed by atoms with E-state index in [2.05, 4.69) is 20.4 Å². The first-order valence-electron chi connectivity index (χ1n) is 8.84. The van der Waals surface area contributed by atoms with Gasteiger partial charge in [-0.15, -0.1) is 0 Å². The van der Waals surface area contributed by atoms with Crippen LogP contribution in [0.15, 0.2) is 29.3 Å². The van der Waals surface area contributed by atoms with Crippen molar-refractivity contribution in [2.75, 3.05) is 26.7 Å². The first-order chi connectivity index (χ1) is 13.3. The van der Waals surface area contributed by atoms with E-state index in [0.717, 1.165) is 5.56 Å². The minimum absolute atomic E-state index is 0.138. The number of carbonyl (C=O) groups is 2. The largest absolute Gasteiger partial charge is 0.484 e. The maximum absolute atomic E-state index is 12.1. The van der Waals surface area contributed by atoms with E-state index in [1.54, 1.807) is 19.2 Å². The van der Waals surface area contributed by atoms with Crippen LogP contribution in [-0.4, -0.2) is 55.6 Å². The Bertz CT molecular complexity index is 689. The Morgan fingerprint density at radius 1 is 1.14 bits per heavy atom. The summed E-state index contributed by atoms with van der Waals surface area (Å²) in [5, 5.41) is 6.07. The summed E-state index contributed by atoms with van der Waals surface area (Å²) in [5.74, 6) is 0.302. The molecule has 28 heavy (non-hydrogen) atoms. The maximum atomic E-state index is 12.1.